The van der Waals surface area contributed by atoms with Crippen molar-refractivity contribution in [2.24, 2.45) is 11.8 Å². The number of nitrogens with zero attached hydrogens (tertiary/aromatic N) is 1. The summed E-state index contributed by atoms with van der Waals surface area (Å²) < 4.78 is 6.15. The largest absolute Gasteiger partial charge is 0.436 e. The Balaban J connectivity index is 1.93. The Morgan fingerprint density at radius 2 is 1.65 bits per heavy atom. The molecule has 0 aliphatic rings. The number of benzene rings is 2. The highest BCUT2D eigenvalue weighted by atomic mass is 16.3. The van der Waals surface area contributed by atoms with Gasteiger partial charge in [0.1, 0.15) is 5.52 Å². The van der Waals surface area contributed by atoms with Crippen LogP contribution in [-0.4, -0.2) is 4.98 Å². The molecule has 2 aromatic carbocycles. The van der Waals surface area contributed by atoms with E-state index in [1.54, 1.807) is 0 Å². The molecule has 26 heavy (non-hydrogen) atoms. The molecule has 0 radical (unpaired) electrons. The molecule has 0 saturated heterocycles. The maximum Gasteiger partial charge on any atom is 0.227 e. The molecule has 0 atom stereocenters. The van der Waals surface area contributed by atoms with Crippen LogP contribution in [0, 0.1) is 18.8 Å². The van der Waals surface area contributed by atoms with Crippen LogP contribution in [0.5, 0.6) is 0 Å². The predicted octanol–water partition coefficient (Wildman–Crippen LogP) is 6.98. The molecular weight excluding hydrogens is 318 g/mol. The third-order valence-corrected chi connectivity index (χ3v) is 4.89. The number of aryl methyl sites for hydroxylation is 3. The van der Waals surface area contributed by atoms with Gasteiger partial charge in [0.25, 0.3) is 0 Å². The Morgan fingerprint density at radius 3 is 2.38 bits per heavy atom. The van der Waals surface area contributed by atoms with E-state index in [0.717, 1.165) is 41.3 Å². The van der Waals surface area contributed by atoms with Crippen molar-refractivity contribution < 1.29 is 4.42 Å². The normalized spacial score (nSPS) is 11.8. The standard InChI is InChI=1S/C24H31NO/c1-16(2)9-11-19-7-6-8-21(15-19)24-25-23-20(12-10-17(3)4)13-18(5)14-22(23)26-24/h6-8,13-17H,9-12H2,1-5H3. The minimum atomic E-state index is 0.689. The zero-order valence-electron chi connectivity index (χ0n) is 16.8. The molecular formula is C24H31NO. The SMILES string of the molecule is Cc1cc(CCC(C)C)c2nc(-c3cccc(CCC(C)C)c3)oc2c1. The topological polar surface area (TPSA) is 26.0 Å². The number of aromatic nitrogens is 1. The smallest absolute Gasteiger partial charge is 0.227 e. The predicted molar refractivity (Wildman–Crippen MR) is 111 cm³/mol. The van der Waals surface area contributed by atoms with E-state index < -0.39 is 0 Å². The highest BCUT2D eigenvalue weighted by Gasteiger charge is 2.13. The van der Waals surface area contributed by atoms with E-state index in [9.17, 15) is 0 Å². The van der Waals surface area contributed by atoms with Crippen molar-refractivity contribution in [1.29, 1.82) is 0 Å². The van der Waals surface area contributed by atoms with Gasteiger partial charge in [-0.05, 0) is 79.3 Å². The lowest BCUT2D eigenvalue weighted by molar-refractivity contribution is 0.586. The quantitative estimate of drug-likeness (QED) is 0.460. The van der Waals surface area contributed by atoms with Gasteiger partial charge in [-0.15, -0.1) is 0 Å². The molecule has 0 bridgehead atoms. The summed E-state index contributed by atoms with van der Waals surface area (Å²) in [6, 6.07) is 13.0. The first-order valence-electron chi connectivity index (χ1n) is 9.91. The molecule has 1 aromatic heterocycles. The molecule has 2 nitrogen and oxygen atoms in total. The first-order valence-corrected chi connectivity index (χ1v) is 9.91. The zero-order chi connectivity index (χ0) is 18.7. The monoisotopic (exact) mass is 349 g/mol. The van der Waals surface area contributed by atoms with Crippen molar-refractivity contribution in [2.45, 2.75) is 60.3 Å². The Morgan fingerprint density at radius 1 is 0.923 bits per heavy atom. The van der Waals surface area contributed by atoms with Crippen LogP contribution in [0.1, 0.15) is 57.2 Å². The molecule has 0 aliphatic carbocycles. The van der Waals surface area contributed by atoms with Crippen LogP contribution in [0.15, 0.2) is 40.8 Å². The third-order valence-electron chi connectivity index (χ3n) is 4.89. The van der Waals surface area contributed by atoms with Gasteiger partial charge < -0.3 is 4.42 Å². The summed E-state index contributed by atoms with van der Waals surface area (Å²) in [7, 11) is 0. The van der Waals surface area contributed by atoms with Gasteiger partial charge in [0.15, 0.2) is 5.58 Å². The Labute approximate surface area is 157 Å². The number of fused-ring (bicyclic) bond motifs is 1. The molecule has 0 aliphatic heterocycles. The van der Waals surface area contributed by atoms with E-state index in [4.69, 9.17) is 9.40 Å². The van der Waals surface area contributed by atoms with Crippen LogP contribution in [-0.2, 0) is 12.8 Å². The molecule has 3 aromatic rings. The fourth-order valence-electron chi connectivity index (χ4n) is 3.32. The van der Waals surface area contributed by atoms with E-state index in [-0.39, 0.29) is 0 Å². The summed E-state index contributed by atoms with van der Waals surface area (Å²) >= 11 is 0. The van der Waals surface area contributed by atoms with Crippen molar-refractivity contribution in [3.8, 4) is 11.5 Å². The molecule has 3 rings (SSSR count). The van der Waals surface area contributed by atoms with Crippen LogP contribution in [0.2, 0.25) is 0 Å². The second kappa shape index (κ2) is 8.07. The lowest BCUT2D eigenvalue weighted by Gasteiger charge is -2.06. The highest BCUT2D eigenvalue weighted by Crippen LogP contribution is 2.29. The minimum absolute atomic E-state index is 0.689. The Kier molecular flexibility index (Phi) is 5.80. The van der Waals surface area contributed by atoms with Gasteiger partial charge in [-0.1, -0.05) is 45.9 Å². The first kappa shape index (κ1) is 18.7. The zero-order valence-corrected chi connectivity index (χ0v) is 16.8. The van der Waals surface area contributed by atoms with Gasteiger partial charge in [0, 0.05) is 5.56 Å². The minimum Gasteiger partial charge on any atom is -0.436 e. The van der Waals surface area contributed by atoms with Gasteiger partial charge in [0.2, 0.25) is 5.89 Å². The number of hydrogen-bond donors (Lipinski definition) is 0. The molecule has 138 valence electrons. The van der Waals surface area contributed by atoms with E-state index in [1.165, 1.54) is 29.5 Å². The average Bonchev–Trinajstić information content (AvgIpc) is 3.02. The van der Waals surface area contributed by atoms with Crippen LogP contribution in [0.4, 0.5) is 0 Å². The summed E-state index contributed by atoms with van der Waals surface area (Å²) in [6.07, 6.45) is 4.53. The Hall–Kier alpha value is -2.09. The van der Waals surface area contributed by atoms with E-state index in [0.29, 0.717) is 5.92 Å². The molecule has 0 saturated carbocycles. The van der Waals surface area contributed by atoms with Crippen molar-refractivity contribution in [1.82, 2.24) is 4.98 Å². The molecule has 2 heteroatoms. The van der Waals surface area contributed by atoms with Gasteiger partial charge >= 0.3 is 0 Å². The molecule has 0 fully saturated rings. The van der Waals surface area contributed by atoms with Crippen molar-refractivity contribution in [3.05, 3.63) is 53.1 Å². The maximum absolute atomic E-state index is 6.15. The average molecular weight is 350 g/mol. The molecule has 0 amide bonds. The van der Waals surface area contributed by atoms with Gasteiger partial charge in [-0.25, -0.2) is 4.98 Å². The first-order chi connectivity index (χ1) is 12.4. The van der Waals surface area contributed by atoms with Gasteiger partial charge in [0.05, 0.1) is 0 Å². The maximum atomic E-state index is 6.15. The molecule has 0 unspecified atom stereocenters. The van der Waals surface area contributed by atoms with Gasteiger partial charge in [-0.2, -0.15) is 0 Å². The van der Waals surface area contributed by atoms with Crippen LogP contribution in [0.3, 0.4) is 0 Å². The van der Waals surface area contributed by atoms with Crippen LogP contribution < -0.4 is 0 Å². The Bertz CT molecular complexity index is 873. The fraction of sp³-hybridized carbons (Fsp3) is 0.458. The van der Waals surface area contributed by atoms with E-state index in [2.05, 4.69) is 71.0 Å². The number of oxazole rings is 1. The summed E-state index contributed by atoms with van der Waals surface area (Å²) in [5.41, 5.74) is 6.92. The fourth-order valence-corrected chi connectivity index (χ4v) is 3.32. The van der Waals surface area contributed by atoms with Crippen molar-refractivity contribution >= 4 is 11.1 Å². The van der Waals surface area contributed by atoms with Gasteiger partial charge in [-0.3, -0.25) is 0 Å². The molecule has 0 N–H and O–H groups in total. The second-order valence-electron chi connectivity index (χ2n) is 8.36. The lowest BCUT2D eigenvalue weighted by atomic mass is 10.00. The lowest BCUT2D eigenvalue weighted by Crippen LogP contribution is -1.94. The van der Waals surface area contributed by atoms with Crippen LogP contribution >= 0.6 is 0 Å². The van der Waals surface area contributed by atoms with Crippen LogP contribution in [0.25, 0.3) is 22.6 Å². The van der Waals surface area contributed by atoms with E-state index >= 15 is 0 Å². The number of rotatable bonds is 7. The molecule has 0 spiro atoms. The molecule has 1 heterocycles. The summed E-state index contributed by atoms with van der Waals surface area (Å²) in [5.74, 6) is 2.15. The third kappa shape index (κ3) is 4.55. The van der Waals surface area contributed by atoms with Crippen molar-refractivity contribution in [3.63, 3.8) is 0 Å². The summed E-state index contributed by atoms with van der Waals surface area (Å²) in [4.78, 5) is 4.87. The number of hydrogen-bond acceptors (Lipinski definition) is 2. The summed E-state index contributed by atoms with van der Waals surface area (Å²) in [5, 5.41) is 0. The second-order valence-corrected chi connectivity index (χ2v) is 8.36. The van der Waals surface area contributed by atoms with E-state index in [1.807, 2.05) is 0 Å². The van der Waals surface area contributed by atoms with Crippen molar-refractivity contribution in [2.75, 3.05) is 0 Å². The highest BCUT2D eigenvalue weighted by molar-refractivity contribution is 5.80. The summed E-state index contributed by atoms with van der Waals surface area (Å²) in [6.45, 7) is 11.2.